The van der Waals surface area contributed by atoms with Crippen molar-refractivity contribution in [1.29, 1.82) is 5.26 Å². The first kappa shape index (κ1) is 12.2. The van der Waals surface area contributed by atoms with Gasteiger partial charge >= 0.3 is 6.03 Å². The number of nitriles is 1. The predicted molar refractivity (Wildman–Crippen MR) is 51.4 cm³/mol. The number of anilines is 3. The molecule has 2 amide bonds. The first-order valence-corrected chi connectivity index (χ1v) is 3.42. The van der Waals surface area contributed by atoms with Crippen molar-refractivity contribution in [2.24, 2.45) is 5.73 Å². The third-order valence-electron chi connectivity index (χ3n) is 0.866. The molecular formula is C5H9N9O. The number of nitrogen functional groups attached to an aromatic ring is 3. The topological polar surface area (TPSA) is 196 Å². The molecule has 0 radical (unpaired) electrons. The van der Waals surface area contributed by atoms with Gasteiger partial charge in [0.05, 0.1) is 0 Å². The molecule has 0 bridgehead atoms. The van der Waals surface area contributed by atoms with Crippen LogP contribution < -0.4 is 28.3 Å². The molecule has 80 valence electrons. The van der Waals surface area contributed by atoms with Crippen molar-refractivity contribution in [3.8, 4) is 6.19 Å². The van der Waals surface area contributed by atoms with Gasteiger partial charge in [0.15, 0.2) is 6.19 Å². The molecular weight excluding hydrogens is 202 g/mol. The summed E-state index contributed by atoms with van der Waals surface area (Å²) in [5.74, 6) is 0.125. The van der Waals surface area contributed by atoms with Crippen molar-refractivity contribution >= 4 is 23.9 Å². The van der Waals surface area contributed by atoms with E-state index in [4.69, 9.17) is 22.5 Å². The summed E-state index contributed by atoms with van der Waals surface area (Å²) in [4.78, 5) is 20.0. The largest absolute Gasteiger partial charge is 0.368 e. The summed E-state index contributed by atoms with van der Waals surface area (Å²) in [6, 6.07) is -0.822. The minimum absolute atomic E-state index is 0.0417. The van der Waals surface area contributed by atoms with E-state index in [2.05, 4.69) is 20.7 Å². The number of nitrogens with zero attached hydrogens (tertiary/aromatic N) is 4. The summed E-state index contributed by atoms with van der Waals surface area (Å²) in [5, 5.41) is 9.23. The second-order valence-corrected chi connectivity index (χ2v) is 2.01. The Hall–Kier alpha value is -2.83. The number of urea groups is 1. The average Bonchev–Trinajstić information content (AvgIpc) is 2.00. The molecule has 0 saturated heterocycles. The van der Waals surface area contributed by atoms with Crippen LogP contribution in [0, 0.1) is 11.5 Å². The van der Waals surface area contributed by atoms with Crippen molar-refractivity contribution in [1.82, 2.24) is 20.3 Å². The molecule has 0 fully saturated rings. The lowest BCUT2D eigenvalue weighted by Gasteiger charge is -1.93. The van der Waals surface area contributed by atoms with Crippen LogP contribution in [0.4, 0.5) is 22.6 Å². The van der Waals surface area contributed by atoms with Crippen LogP contribution in [0.5, 0.6) is 0 Å². The molecule has 1 rings (SSSR count). The van der Waals surface area contributed by atoms with Crippen molar-refractivity contribution in [2.75, 3.05) is 17.2 Å². The van der Waals surface area contributed by atoms with Gasteiger partial charge in [0.25, 0.3) is 0 Å². The van der Waals surface area contributed by atoms with Gasteiger partial charge in [-0.3, -0.25) is 0 Å². The highest BCUT2D eigenvalue weighted by atomic mass is 16.2. The van der Waals surface area contributed by atoms with Crippen LogP contribution in [0.1, 0.15) is 0 Å². The molecule has 0 saturated carbocycles. The number of carbonyl (C=O) groups is 1. The number of nitrogens with two attached hydrogens (primary N) is 4. The van der Waals surface area contributed by atoms with Gasteiger partial charge in [0.2, 0.25) is 17.8 Å². The summed E-state index contributed by atoms with van der Waals surface area (Å²) in [5.41, 5.74) is 19.8. The van der Waals surface area contributed by atoms with Crippen LogP contribution in [0.2, 0.25) is 0 Å². The first-order chi connectivity index (χ1) is 6.95. The Morgan fingerprint density at radius 1 is 1.13 bits per heavy atom. The molecule has 0 atom stereocenters. The summed E-state index contributed by atoms with van der Waals surface area (Å²) in [7, 11) is 0. The van der Waals surface area contributed by atoms with Crippen molar-refractivity contribution < 1.29 is 4.79 Å². The highest BCUT2D eigenvalue weighted by Crippen LogP contribution is 1.97. The summed E-state index contributed by atoms with van der Waals surface area (Å²) < 4.78 is 0. The monoisotopic (exact) mass is 211 g/mol. The molecule has 9 N–H and O–H groups in total. The van der Waals surface area contributed by atoms with Gasteiger partial charge in [0.1, 0.15) is 0 Å². The maximum Gasteiger partial charge on any atom is 0.325 e. The van der Waals surface area contributed by atoms with Crippen LogP contribution in [0.3, 0.4) is 0 Å². The van der Waals surface area contributed by atoms with Gasteiger partial charge in [-0.2, -0.15) is 20.2 Å². The molecule has 0 spiro atoms. The molecule has 1 heterocycles. The number of rotatable bonds is 0. The van der Waals surface area contributed by atoms with Crippen LogP contribution in [0.15, 0.2) is 0 Å². The standard InChI is InChI=1S/C3H6N6.C2H3N3O/c4-1-7-2(5)9-3(6)8-1;3-1-5-2(4)6/h(H6,4,5,6,7,8,9);(H3,4,5,6). The van der Waals surface area contributed by atoms with E-state index in [-0.39, 0.29) is 17.8 Å². The molecule has 15 heavy (non-hydrogen) atoms. The van der Waals surface area contributed by atoms with E-state index in [0.717, 1.165) is 0 Å². The Balaban J connectivity index is 0.000000288. The van der Waals surface area contributed by atoms with Crippen LogP contribution in [-0.2, 0) is 0 Å². The number of nitrogens with one attached hydrogen (secondary N) is 1. The normalized spacial score (nSPS) is 7.93. The number of aromatic nitrogens is 3. The molecule has 0 aliphatic rings. The molecule has 10 heteroatoms. The highest BCUT2D eigenvalue weighted by Gasteiger charge is 1.93. The number of amides is 2. The fourth-order valence-corrected chi connectivity index (χ4v) is 0.482. The quantitative estimate of drug-likeness (QED) is 0.234. The van der Waals surface area contributed by atoms with Crippen LogP contribution >= 0.6 is 0 Å². The number of primary amides is 1. The zero-order chi connectivity index (χ0) is 11.8. The lowest BCUT2D eigenvalue weighted by molar-refractivity contribution is 0.252. The summed E-state index contributed by atoms with van der Waals surface area (Å²) in [6.45, 7) is 0. The number of hydrogen-bond donors (Lipinski definition) is 5. The maximum absolute atomic E-state index is 9.49. The zero-order valence-corrected chi connectivity index (χ0v) is 7.51. The minimum Gasteiger partial charge on any atom is -0.368 e. The molecule has 0 aliphatic heterocycles. The number of carbonyl (C=O) groups excluding carboxylic acids is 1. The van der Waals surface area contributed by atoms with Crippen LogP contribution in [-0.4, -0.2) is 21.0 Å². The molecule has 1 aromatic rings. The summed E-state index contributed by atoms with van der Waals surface area (Å²) in [6.07, 6.45) is 1.34. The van der Waals surface area contributed by atoms with Gasteiger partial charge < -0.3 is 22.9 Å². The second-order valence-electron chi connectivity index (χ2n) is 2.01. The third kappa shape index (κ3) is 6.34. The molecule has 0 aliphatic carbocycles. The smallest absolute Gasteiger partial charge is 0.325 e. The minimum atomic E-state index is -0.822. The van der Waals surface area contributed by atoms with E-state index in [0.29, 0.717) is 0 Å². The van der Waals surface area contributed by atoms with Gasteiger partial charge in [-0.15, -0.1) is 0 Å². The Kier molecular flexibility index (Phi) is 4.67. The van der Waals surface area contributed by atoms with Gasteiger partial charge in [-0.1, -0.05) is 0 Å². The van der Waals surface area contributed by atoms with E-state index in [1.165, 1.54) is 6.19 Å². The Morgan fingerprint density at radius 3 is 1.60 bits per heavy atom. The van der Waals surface area contributed by atoms with E-state index in [1.54, 1.807) is 5.32 Å². The molecule has 1 aromatic heterocycles. The number of hydrogen-bond acceptors (Lipinski definition) is 8. The lowest BCUT2D eigenvalue weighted by Crippen LogP contribution is -2.24. The SMILES string of the molecule is N#CNC(N)=O.Nc1nc(N)nc(N)n1. The van der Waals surface area contributed by atoms with Gasteiger partial charge in [0, 0.05) is 0 Å². The van der Waals surface area contributed by atoms with E-state index in [1.807, 2.05) is 0 Å². The van der Waals surface area contributed by atoms with E-state index >= 15 is 0 Å². The predicted octanol–water partition coefficient (Wildman–Crippen LogP) is -2.25. The Morgan fingerprint density at radius 2 is 1.47 bits per heavy atom. The maximum atomic E-state index is 9.49. The van der Waals surface area contributed by atoms with Crippen LogP contribution in [0.25, 0.3) is 0 Å². The summed E-state index contributed by atoms with van der Waals surface area (Å²) >= 11 is 0. The van der Waals surface area contributed by atoms with Gasteiger partial charge in [-0.05, 0) is 0 Å². The zero-order valence-electron chi connectivity index (χ0n) is 7.51. The molecule has 0 unspecified atom stereocenters. The van der Waals surface area contributed by atoms with E-state index < -0.39 is 6.03 Å². The van der Waals surface area contributed by atoms with Crippen molar-refractivity contribution in [2.45, 2.75) is 0 Å². The van der Waals surface area contributed by atoms with Crippen molar-refractivity contribution in [3.63, 3.8) is 0 Å². The average molecular weight is 211 g/mol. The Bertz CT molecular complexity index is 332. The third-order valence-corrected chi connectivity index (χ3v) is 0.866. The highest BCUT2D eigenvalue weighted by molar-refractivity contribution is 5.73. The Labute approximate surface area is 84.3 Å². The molecule has 0 aromatic carbocycles. The van der Waals surface area contributed by atoms with E-state index in [9.17, 15) is 4.79 Å². The fraction of sp³-hybridized carbons (Fsp3) is 0. The first-order valence-electron chi connectivity index (χ1n) is 3.42. The van der Waals surface area contributed by atoms with Crippen molar-refractivity contribution in [3.05, 3.63) is 0 Å². The lowest BCUT2D eigenvalue weighted by atomic mass is 10.9. The molecule has 10 nitrogen and oxygen atoms in total. The second kappa shape index (κ2) is 5.75. The fourth-order valence-electron chi connectivity index (χ4n) is 0.482. The van der Waals surface area contributed by atoms with Gasteiger partial charge in [-0.25, -0.2) is 10.1 Å².